The molecule has 0 aliphatic heterocycles. The molecule has 0 aromatic heterocycles. The van der Waals surface area contributed by atoms with E-state index in [1.54, 1.807) is 33.2 Å². The van der Waals surface area contributed by atoms with Crippen LogP contribution in [0.1, 0.15) is 29.7 Å². The summed E-state index contributed by atoms with van der Waals surface area (Å²) in [5.74, 6) is 0.256. The number of guanidine groups is 1. The molecular weight excluding hydrogens is 343 g/mol. The number of halogens is 1. The van der Waals surface area contributed by atoms with Crippen LogP contribution in [0.2, 0.25) is 0 Å². The van der Waals surface area contributed by atoms with Crippen molar-refractivity contribution in [2.75, 3.05) is 20.6 Å². The number of carbonyl (C=O) groups is 1. The molecule has 0 fully saturated rings. The van der Waals surface area contributed by atoms with E-state index >= 15 is 0 Å². The standard InChI is InChI=1S/C21H27FN4O/c1-15-12-17(10-11-19(15)22)13-23-21(24-14-20(27)26(3)4)25-16(2)18-8-6-5-7-9-18/h5-12,16H,13-14H2,1-4H3,(H2,23,24,25). The van der Waals surface area contributed by atoms with Gasteiger partial charge in [0.25, 0.3) is 0 Å². The van der Waals surface area contributed by atoms with Gasteiger partial charge in [0.15, 0.2) is 5.96 Å². The second-order valence-electron chi connectivity index (χ2n) is 6.67. The Morgan fingerprint density at radius 1 is 1.19 bits per heavy atom. The highest BCUT2D eigenvalue weighted by Gasteiger charge is 2.10. The molecule has 2 rings (SSSR count). The lowest BCUT2D eigenvalue weighted by atomic mass is 10.1. The van der Waals surface area contributed by atoms with Gasteiger partial charge in [-0.25, -0.2) is 9.38 Å². The number of nitrogens with zero attached hydrogens (tertiary/aromatic N) is 2. The Hall–Kier alpha value is -2.89. The average molecular weight is 370 g/mol. The Balaban J connectivity index is 2.12. The minimum Gasteiger partial charge on any atom is -0.350 e. The summed E-state index contributed by atoms with van der Waals surface area (Å²) in [6.45, 7) is 4.28. The summed E-state index contributed by atoms with van der Waals surface area (Å²) >= 11 is 0. The number of benzene rings is 2. The van der Waals surface area contributed by atoms with Crippen LogP contribution in [0.15, 0.2) is 53.5 Å². The van der Waals surface area contributed by atoms with Gasteiger partial charge in [-0.1, -0.05) is 42.5 Å². The highest BCUT2D eigenvalue weighted by atomic mass is 19.1. The van der Waals surface area contributed by atoms with Crippen LogP contribution in [-0.2, 0) is 11.3 Å². The predicted molar refractivity (Wildman–Crippen MR) is 107 cm³/mol. The average Bonchev–Trinajstić information content (AvgIpc) is 2.66. The SMILES string of the molecule is Cc1cc(CN=C(NCC(=O)N(C)C)NC(C)c2ccccc2)ccc1F. The summed E-state index contributed by atoms with van der Waals surface area (Å²) in [7, 11) is 3.42. The number of aryl methyl sites for hydroxylation is 1. The molecule has 0 aliphatic rings. The lowest BCUT2D eigenvalue weighted by molar-refractivity contribution is -0.127. The Labute approximate surface area is 160 Å². The fourth-order valence-corrected chi connectivity index (χ4v) is 2.48. The Morgan fingerprint density at radius 2 is 1.89 bits per heavy atom. The second kappa shape index (κ2) is 9.71. The Bertz CT molecular complexity index is 790. The van der Waals surface area contributed by atoms with Gasteiger partial charge in [-0.2, -0.15) is 0 Å². The van der Waals surface area contributed by atoms with E-state index in [4.69, 9.17) is 0 Å². The van der Waals surface area contributed by atoms with Crippen LogP contribution in [0.3, 0.4) is 0 Å². The molecule has 2 N–H and O–H groups in total. The van der Waals surface area contributed by atoms with Gasteiger partial charge >= 0.3 is 0 Å². The number of hydrogen-bond acceptors (Lipinski definition) is 2. The van der Waals surface area contributed by atoms with E-state index in [1.165, 1.54) is 11.0 Å². The number of likely N-dealkylation sites (N-methyl/N-ethyl adjacent to an activating group) is 1. The third kappa shape index (κ3) is 6.40. The van der Waals surface area contributed by atoms with Crippen LogP contribution in [0.5, 0.6) is 0 Å². The number of hydrogen-bond donors (Lipinski definition) is 2. The van der Waals surface area contributed by atoms with Crippen LogP contribution in [-0.4, -0.2) is 37.4 Å². The van der Waals surface area contributed by atoms with Crippen molar-refractivity contribution in [3.05, 3.63) is 71.0 Å². The van der Waals surface area contributed by atoms with E-state index in [2.05, 4.69) is 15.6 Å². The molecule has 144 valence electrons. The monoisotopic (exact) mass is 370 g/mol. The summed E-state index contributed by atoms with van der Waals surface area (Å²) in [6.07, 6.45) is 0. The Kier molecular flexibility index (Phi) is 7.34. The van der Waals surface area contributed by atoms with Gasteiger partial charge in [-0.15, -0.1) is 0 Å². The van der Waals surface area contributed by atoms with Gasteiger partial charge in [0.05, 0.1) is 19.1 Å². The summed E-state index contributed by atoms with van der Waals surface area (Å²) in [4.78, 5) is 18.0. The first-order chi connectivity index (χ1) is 12.9. The first-order valence-corrected chi connectivity index (χ1v) is 8.92. The highest BCUT2D eigenvalue weighted by Crippen LogP contribution is 2.12. The van der Waals surface area contributed by atoms with E-state index < -0.39 is 0 Å². The van der Waals surface area contributed by atoms with Crippen molar-refractivity contribution in [3.63, 3.8) is 0 Å². The molecule has 1 amide bonds. The van der Waals surface area contributed by atoms with Crippen LogP contribution >= 0.6 is 0 Å². The van der Waals surface area contributed by atoms with Crippen molar-refractivity contribution in [2.24, 2.45) is 4.99 Å². The lowest BCUT2D eigenvalue weighted by Gasteiger charge is -2.19. The zero-order chi connectivity index (χ0) is 19.8. The molecule has 0 bridgehead atoms. The van der Waals surface area contributed by atoms with E-state index in [0.29, 0.717) is 18.1 Å². The molecular formula is C21H27FN4O. The van der Waals surface area contributed by atoms with Crippen molar-refractivity contribution in [3.8, 4) is 0 Å². The summed E-state index contributed by atoms with van der Waals surface area (Å²) in [5.41, 5.74) is 2.61. The normalized spacial score (nSPS) is 12.4. The number of rotatable bonds is 6. The fraction of sp³-hybridized carbons (Fsp3) is 0.333. The largest absolute Gasteiger partial charge is 0.350 e. The van der Waals surface area contributed by atoms with Crippen molar-refractivity contribution in [2.45, 2.75) is 26.4 Å². The molecule has 0 radical (unpaired) electrons. The Morgan fingerprint density at radius 3 is 2.52 bits per heavy atom. The maximum atomic E-state index is 13.4. The summed E-state index contributed by atoms with van der Waals surface area (Å²) in [6, 6.07) is 15.0. The molecule has 0 heterocycles. The third-order valence-corrected chi connectivity index (χ3v) is 4.20. The minimum atomic E-state index is -0.228. The highest BCUT2D eigenvalue weighted by molar-refractivity contribution is 5.86. The molecule has 0 aliphatic carbocycles. The van der Waals surface area contributed by atoms with E-state index in [9.17, 15) is 9.18 Å². The fourth-order valence-electron chi connectivity index (χ4n) is 2.48. The molecule has 0 spiro atoms. The topological polar surface area (TPSA) is 56.7 Å². The van der Waals surface area contributed by atoms with Crippen LogP contribution in [0.4, 0.5) is 4.39 Å². The van der Waals surface area contributed by atoms with Crippen molar-refractivity contribution in [1.29, 1.82) is 0 Å². The molecule has 0 saturated carbocycles. The van der Waals surface area contributed by atoms with E-state index in [1.807, 2.05) is 37.3 Å². The van der Waals surface area contributed by atoms with Gasteiger partial charge in [0.2, 0.25) is 5.91 Å². The second-order valence-corrected chi connectivity index (χ2v) is 6.67. The van der Waals surface area contributed by atoms with Crippen LogP contribution in [0, 0.1) is 12.7 Å². The van der Waals surface area contributed by atoms with Crippen LogP contribution < -0.4 is 10.6 Å². The van der Waals surface area contributed by atoms with Gasteiger partial charge in [0.1, 0.15) is 5.82 Å². The van der Waals surface area contributed by atoms with Crippen molar-refractivity contribution in [1.82, 2.24) is 15.5 Å². The molecule has 5 nitrogen and oxygen atoms in total. The molecule has 27 heavy (non-hydrogen) atoms. The molecule has 1 unspecified atom stereocenters. The number of nitrogens with one attached hydrogen (secondary N) is 2. The molecule has 6 heteroatoms. The first-order valence-electron chi connectivity index (χ1n) is 8.92. The molecule has 2 aromatic carbocycles. The lowest BCUT2D eigenvalue weighted by Crippen LogP contribution is -2.43. The zero-order valence-corrected chi connectivity index (χ0v) is 16.3. The van der Waals surface area contributed by atoms with Gasteiger partial charge in [-0.3, -0.25) is 4.79 Å². The van der Waals surface area contributed by atoms with Gasteiger partial charge in [0, 0.05) is 14.1 Å². The van der Waals surface area contributed by atoms with Gasteiger partial charge in [-0.05, 0) is 36.6 Å². The van der Waals surface area contributed by atoms with Gasteiger partial charge < -0.3 is 15.5 Å². The number of aliphatic imine (C=N–C) groups is 1. The smallest absolute Gasteiger partial charge is 0.241 e. The maximum absolute atomic E-state index is 13.4. The number of amides is 1. The van der Waals surface area contributed by atoms with Crippen molar-refractivity contribution < 1.29 is 9.18 Å². The molecule has 1 atom stereocenters. The van der Waals surface area contributed by atoms with Crippen molar-refractivity contribution >= 4 is 11.9 Å². The quantitative estimate of drug-likeness (QED) is 0.607. The van der Waals surface area contributed by atoms with E-state index in [-0.39, 0.29) is 24.3 Å². The zero-order valence-electron chi connectivity index (χ0n) is 16.3. The summed E-state index contributed by atoms with van der Waals surface area (Å²) in [5, 5.41) is 6.39. The maximum Gasteiger partial charge on any atom is 0.241 e. The summed E-state index contributed by atoms with van der Waals surface area (Å²) < 4.78 is 13.4. The predicted octanol–water partition coefficient (Wildman–Crippen LogP) is 3.02. The first kappa shape index (κ1) is 20.4. The molecule has 2 aromatic rings. The van der Waals surface area contributed by atoms with E-state index in [0.717, 1.165) is 11.1 Å². The molecule has 0 saturated heterocycles. The van der Waals surface area contributed by atoms with Crippen LogP contribution in [0.25, 0.3) is 0 Å². The number of carbonyl (C=O) groups excluding carboxylic acids is 1. The minimum absolute atomic E-state index is 0.0156. The third-order valence-electron chi connectivity index (χ3n) is 4.20.